The maximum absolute atomic E-state index is 12.9. The Kier molecular flexibility index (Phi) is 2.44. The van der Waals surface area contributed by atoms with Crippen LogP contribution in [0.1, 0.15) is 24.8 Å². The van der Waals surface area contributed by atoms with Crippen LogP contribution >= 0.6 is 0 Å². The molecule has 0 bridgehead atoms. The molecule has 0 amide bonds. The van der Waals surface area contributed by atoms with Crippen LogP contribution in [0.5, 0.6) is 0 Å². The lowest BCUT2D eigenvalue weighted by atomic mass is 9.66. The molecule has 1 nitrogen and oxygen atoms in total. The van der Waals surface area contributed by atoms with Crippen molar-refractivity contribution in [3.63, 3.8) is 0 Å². The SMILES string of the molecule is N#CC1(Cc2cc(F)cc(F)c2)CCC1. The Morgan fingerprint density at radius 1 is 1.20 bits per heavy atom. The van der Waals surface area contributed by atoms with E-state index < -0.39 is 11.6 Å². The molecule has 1 aromatic rings. The molecule has 1 fully saturated rings. The smallest absolute Gasteiger partial charge is 0.126 e. The summed E-state index contributed by atoms with van der Waals surface area (Å²) in [5.41, 5.74) is 0.203. The minimum atomic E-state index is -0.572. The van der Waals surface area contributed by atoms with E-state index in [1.54, 1.807) is 0 Å². The Balaban J connectivity index is 2.21. The molecule has 15 heavy (non-hydrogen) atoms. The van der Waals surface area contributed by atoms with Gasteiger partial charge in [0.1, 0.15) is 11.6 Å². The van der Waals surface area contributed by atoms with Crippen LogP contribution in [0, 0.1) is 28.4 Å². The van der Waals surface area contributed by atoms with Gasteiger partial charge in [-0.05, 0) is 37.0 Å². The first kappa shape index (κ1) is 10.1. The molecule has 0 aromatic heterocycles. The molecule has 0 unspecified atom stereocenters. The van der Waals surface area contributed by atoms with Gasteiger partial charge in [-0.3, -0.25) is 0 Å². The van der Waals surface area contributed by atoms with E-state index in [0.29, 0.717) is 12.0 Å². The third-order valence-corrected chi connectivity index (χ3v) is 3.01. The van der Waals surface area contributed by atoms with Crippen LogP contribution in [-0.4, -0.2) is 0 Å². The fourth-order valence-electron chi connectivity index (χ4n) is 2.04. The summed E-state index contributed by atoms with van der Waals surface area (Å²) < 4.78 is 25.8. The van der Waals surface area contributed by atoms with Crippen molar-refractivity contribution >= 4 is 0 Å². The molecule has 1 aliphatic carbocycles. The van der Waals surface area contributed by atoms with Gasteiger partial charge in [-0.25, -0.2) is 8.78 Å². The van der Waals surface area contributed by atoms with Crippen LogP contribution in [0.4, 0.5) is 8.78 Å². The van der Waals surface area contributed by atoms with Crippen LogP contribution in [-0.2, 0) is 6.42 Å². The zero-order valence-corrected chi connectivity index (χ0v) is 8.26. The number of rotatable bonds is 2. The first-order valence-corrected chi connectivity index (χ1v) is 5.00. The second kappa shape index (κ2) is 3.62. The molecule has 0 saturated heterocycles. The lowest BCUT2D eigenvalue weighted by Gasteiger charge is -2.35. The second-order valence-corrected chi connectivity index (χ2v) is 4.20. The summed E-state index contributed by atoms with van der Waals surface area (Å²) in [6.45, 7) is 0. The third-order valence-electron chi connectivity index (χ3n) is 3.01. The van der Waals surface area contributed by atoms with Crippen molar-refractivity contribution in [1.29, 1.82) is 5.26 Å². The highest BCUT2D eigenvalue weighted by atomic mass is 19.1. The number of hydrogen-bond acceptors (Lipinski definition) is 1. The van der Waals surface area contributed by atoms with Gasteiger partial charge < -0.3 is 0 Å². The number of nitriles is 1. The maximum Gasteiger partial charge on any atom is 0.126 e. The van der Waals surface area contributed by atoms with E-state index >= 15 is 0 Å². The summed E-state index contributed by atoms with van der Waals surface area (Å²) in [6.07, 6.45) is 3.16. The Morgan fingerprint density at radius 3 is 2.20 bits per heavy atom. The van der Waals surface area contributed by atoms with E-state index in [0.717, 1.165) is 25.3 Å². The number of hydrogen-bond donors (Lipinski definition) is 0. The molecule has 0 heterocycles. The van der Waals surface area contributed by atoms with Crippen molar-refractivity contribution in [2.75, 3.05) is 0 Å². The number of benzene rings is 1. The number of nitrogens with zero attached hydrogens (tertiary/aromatic N) is 1. The first-order chi connectivity index (χ1) is 7.13. The number of halogens is 2. The molecule has 1 aromatic carbocycles. The summed E-state index contributed by atoms with van der Waals surface area (Å²) in [4.78, 5) is 0. The topological polar surface area (TPSA) is 23.8 Å². The van der Waals surface area contributed by atoms with Gasteiger partial charge >= 0.3 is 0 Å². The summed E-state index contributed by atoms with van der Waals surface area (Å²) in [5, 5.41) is 9.00. The van der Waals surface area contributed by atoms with Crippen LogP contribution < -0.4 is 0 Å². The van der Waals surface area contributed by atoms with E-state index in [9.17, 15) is 8.78 Å². The van der Waals surface area contributed by atoms with Crippen molar-refractivity contribution in [1.82, 2.24) is 0 Å². The van der Waals surface area contributed by atoms with Gasteiger partial charge in [0.15, 0.2) is 0 Å². The van der Waals surface area contributed by atoms with E-state index in [2.05, 4.69) is 6.07 Å². The predicted molar refractivity (Wildman–Crippen MR) is 52.0 cm³/mol. The van der Waals surface area contributed by atoms with Crippen LogP contribution in [0.25, 0.3) is 0 Å². The van der Waals surface area contributed by atoms with Gasteiger partial charge in [0.25, 0.3) is 0 Å². The summed E-state index contributed by atoms with van der Waals surface area (Å²) >= 11 is 0. The lowest BCUT2D eigenvalue weighted by molar-refractivity contribution is 0.213. The molecule has 0 atom stereocenters. The fraction of sp³-hybridized carbons (Fsp3) is 0.417. The van der Waals surface area contributed by atoms with Crippen LogP contribution in [0.3, 0.4) is 0 Å². The summed E-state index contributed by atoms with van der Waals surface area (Å²) in [7, 11) is 0. The predicted octanol–water partition coefficient (Wildman–Crippen LogP) is 3.20. The van der Waals surface area contributed by atoms with Crippen molar-refractivity contribution in [2.45, 2.75) is 25.7 Å². The van der Waals surface area contributed by atoms with Crippen molar-refractivity contribution < 1.29 is 8.78 Å². The molecule has 0 spiro atoms. The monoisotopic (exact) mass is 207 g/mol. The third kappa shape index (κ3) is 1.99. The average molecular weight is 207 g/mol. The molecule has 3 heteroatoms. The first-order valence-electron chi connectivity index (χ1n) is 5.00. The zero-order valence-electron chi connectivity index (χ0n) is 8.26. The normalized spacial score (nSPS) is 17.9. The standard InChI is InChI=1S/C12H11F2N/c13-10-4-9(5-11(14)6-10)7-12(8-15)2-1-3-12/h4-6H,1-3,7H2. The van der Waals surface area contributed by atoms with Crippen molar-refractivity contribution in [2.24, 2.45) is 5.41 Å². The van der Waals surface area contributed by atoms with E-state index in [1.807, 2.05) is 0 Å². The van der Waals surface area contributed by atoms with Crippen molar-refractivity contribution in [3.8, 4) is 6.07 Å². The highest BCUT2D eigenvalue weighted by Crippen LogP contribution is 2.43. The molecular weight excluding hydrogens is 196 g/mol. The Bertz CT molecular complexity index is 396. The van der Waals surface area contributed by atoms with Gasteiger partial charge in [-0.15, -0.1) is 0 Å². The molecule has 1 saturated carbocycles. The molecule has 0 radical (unpaired) electrons. The summed E-state index contributed by atoms with van der Waals surface area (Å²) in [5.74, 6) is -1.14. The van der Waals surface area contributed by atoms with Gasteiger partial charge in [0.2, 0.25) is 0 Å². The zero-order chi connectivity index (χ0) is 10.9. The minimum absolute atomic E-state index is 0.375. The maximum atomic E-state index is 12.9. The highest BCUT2D eigenvalue weighted by Gasteiger charge is 2.37. The lowest BCUT2D eigenvalue weighted by Crippen LogP contribution is -2.29. The van der Waals surface area contributed by atoms with Crippen molar-refractivity contribution in [3.05, 3.63) is 35.4 Å². The quantitative estimate of drug-likeness (QED) is 0.730. The van der Waals surface area contributed by atoms with Gasteiger partial charge in [0, 0.05) is 6.07 Å². The largest absolute Gasteiger partial charge is 0.207 e. The average Bonchev–Trinajstić information content (AvgIpc) is 2.10. The molecule has 2 rings (SSSR count). The van der Waals surface area contributed by atoms with E-state index in [4.69, 9.17) is 5.26 Å². The molecule has 0 N–H and O–H groups in total. The van der Waals surface area contributed by atoms with Crippen LogP contribution in [0.15, 0.2) is 18.2 Å². The molecular formula is C12H11F2N. The Hall–Kier alpha value is -1.43. The minimum Gasteiger partial charge on any atom is -0.207 e. The highest BCUT2D eigenvalue weighted by molar-refractivity contribution is 5.22. The van der Waals surface area contributed by atoms with E-state index in [-0.39, 0.29) is 5.41 Å². The molecule has 78 valence electrons. The van der Waals surface area contributed by atoms with Gasteiger partial charge in [-0.1, -0.05) is 6.42 Å². The van der Waals surface area contributed by atoms with E-state index in [1.165, 1.54) is 12.1 Å². The Labute approximate surface area is 87.3 Å². The van der Waals surface area contributed by atoms with Crippen LogP contribution in [0.2, 0.25) is 0 Å². The van der Waals surface area contributed by atoms with Gasteiger partial charge in [0.05, 0.1) is 11.5 Å². The Morgan fingerprint density at radius 2 is 1.80 bits per heavy atom. The van der Waals surface area contributed by atoms with Gasteiger partial charge in [-0.2, -0.15) is 5.26 Å². The molecule has 0 aliphatic heterocycles. The molecule has 1 aliphatic rings. The summed E-state index contributed by atoms with van der Waals surface area (Å²) in [6, 6.07) is 5.72. The fourth-order valence-corrected chi connectivity index (χ4v) is 2.04. The second-order valence-electron chi connectivity index (χ2n) is 4.20.